The van der Waals surface area contributed by atoms with E-state index >= 15 is 0 Å². The minimum absolute atomic E-state index is 0.0142. The Morgan fingerprint density at radius 1 is 1.43 bits per heavy atom. The Hall–Kier alpha value is -1.55. The molecule has 1 saturated heterocycles. The van der Waals surface area contributed by atoms with Gasteiger partial charge in [-0.3, -0.25) is 4.79 Å². The molecule has 0 aromatic heterocycles. The number of benzene rings is 1. The number of carbonyl (C=O) groups is 1. The van der Waals surface area contributed by atoms with Crippen LogP contribution in [0.1, 0.15) is 50.6 Å². The van der Waals surface area contributed by atoms with Gasteiger partial charge in [-0.2, -0.15) is 0 Å². The highest BCUT2D eigenvalue weighted by molar-refractivity contribution is 5.77. The van der Waals surface area contributed by atoms with Crippen molar-refractivity contribution < 1.29 is 9.53 Å². The summed E-state index contributed by atoms with van der Waals surface area (Å²) in [5.74, 6) is 1.04. The van der Waals surface area contributed by atoms with Crippen molar-refractivity contribution in [2.45, 2.75) is 51.1 Å². The van der Waals surface area contributed by atoms with Crippen molar-refractivity contribution in [2.75, 3.05) is 13.7 Å². The lowest BCUT2D eigenvalue weighted by molar-refractivity contribution is -0.132. The summed E-state index contributed by atoms with van der Waals surface area (Å²) >= 11 is 0. The van der Waals surface area contributed by atoms with Crippen LogP contribution in [0.15, 0.2) is 24.3 Å². The van der Waals surface area contributed by atoms with Crippen LogP contribution in [0, 0.1) is 0 Å². The van der Waals surface area contributed by atoms with Crippen molar-refractivity contribution in [2.24, 2.45) is 5.73 Å². The molecule has 0 spiro atoms. The molecule has 2 N–H and O–H groups in total. The zero-order valence-electron chi connectivity index (χ0n) is 13.0. The number of likely N-dealkylation sites (tertiary alicyclic amines) is 1. The Morgan fingerprint density at radius 3 is 2.76 bits per heavy atom. The van der Waals surface area contributed by atoms with E-state index in [9.17, 15) is 4.79 Å². The standard InChI is InChI=1S/C17H26N2O2/c1-3-5-14(18)12-17(20)19-11-4-6-16(19)13-7-9-15(21-2)10-8-13/h7-10,14,16H,3-6,11-12,18H2,1-2H3. The van der Waals surface area contributed by atoms with Crippen molar-refractivity contribution >= 4 is 5.91 Å². The van der Waals surface area contributed by atoms with E-state index < -0.39 is 0 Å². The Bertz CT molecular complexity index is 458. The van der Waals surface area contributed by atoms with Gasteiger partial charge in [-0.25, -0.2) is 0 Å². The number of carbonyl (C=O) groups excluding carboxylic acids is 1. The van der Waals surface area contributed by atoms with E-state index in [-0.39, 0.29) is 18.0 Å². The van der Waals surface area contributed by atoms with Crippen molar-refractivity contribution in [3.63, 3.8) is 0 Å². The number of hydrogen-bond donors (Lipinski definition) is 1. The van der Waals surface area contributed by atoms with Crippen LogP contribution in [0.2, 0.25) is 0 Å². The summed E-state index contributed by atoms with van der Waals surface area (Å²) in [7, 11) is 1.66. The third-order valence-electron chi connectivity index (χ3n) is 4.17. The van der Waals surface area contributed by atoms with Gasteiger partial charge in [0.1, 0.15) is 5.75 Å². The van der Waals surface area contributed by atoms with Crippen LogP contribution < -0.4 is 10.5 Å². The first-order valence-electron chi connectivity index (χ1n) is 7.84. The van der Waals surface area contributed by atoms with Gasteiger partial charge in [0.25, 0.3) is 0 Å². The third kappa shape index (κ3) is 3.97. The van der Waals surface area contributed by atoms with Gasteiger partial charge in [0.15, 0.2) is 0 Å². The largest absolute Gasteiger partial charge is 0.497 e. The van der Waals surface area contributed by atoms with Crippen molar-refractivity contribution in [3.05, 3.63) is 29.8 Å². The minimum Gasteiger partial charge on any atom is -0.497 e. The number of ether oxygens (including phenoxy) is 1. The molecule has 1 aromatic carbocycles. The summed E-state index contributed by atoms with van der Waals surface area (Å²) in [6, 6.07) is 8.21. The average molecular weight is 290 g/mol. The molecule has 4 heteroatoms. The molecule has 0 aliphatic carbocycles. The van der Waals surface area contributed by atoms with Crippen molar-refractivity contribution in [3.8, 4) is 5.75 Å². The predicted molar refractivity (Wildman–Crippen MR) is 84.2 cm³/mol. The number of nitrogens with two attached hydrogens (primary N) is 1. The fourth-order valence-electron chi connectivity index (χ4n) is 3.05. The minimum atomic E-state index is -0.0142. The molecule has 0 radical (unpaired) electrons. The van der Waals surface area contributed by atoms with Gasteiger partial charge in [0.05, 0.1) is 13.2 Å². The van der Waals surface area contributed by atoms with E-state index in [4.69, 9.17) is 10.5 Å². The molecule has 0 bridgehead atoms. The number of hydrogen-bond acceptors (Lipinski definition) is 3. The van der Waals surface area contributed by atoms with E-state index in [1.165, 1.54) is 5.56 Å². The first-order valence-corrected chi connectivity index (χ1v) is 7.84. The molecule has 1 heterocycles. The summed E-state index contributed by atoms with van der Waals surface area (Å²) in [4.78, 5) is 14.5. The third-order valence-corrected chi connectivity index (χ3v) is 4.17. The van der Waals surface area contributed by atoms with Gasteiger partial charge in [-0.15, -0.1) is 0 Å². The van der Waals surface area contributed by atoms with Gasteiger partial charge in [0, 0.05) is 19.0 Å². The van der Waals surface area contributed by atoms with E-state index in [2.05, 4.69) is 19.1 Å². The van der Waals surface area contributed by atoms with Crippen LogP contribution >= 0.6 is 0 Å². The quantitative estimate of drug-likeness (QED) is 0.876. The second-order valence-electron chi connectivity index (χ2n) is 5.77. The monoisotopic (exact) mass is 290 g/mol. The Kier molecular flexibility index (Phi) is 5.62. The maximum atomic E-state index is 12.5. The van der Waals surface area contributed by atoms with Crippen LogP contribution in [-0.2, 0) is 4.79 Å². The predicted octanol–water partition coefficient (Wildman–Crippen LogP) is 2.88. The molecule has 116 valence electrons. The normalized spacial score (nSPS) is 19.6. The van der Waals surface area contributed by atoms with Gasteiger partial charge in [0.2, 0.25) is 5.91 Å². The van der Waals surface area contributed by atoms with E-state index in [0.717, 1.165) is 38.0 Å². The van der Waals surface area contributed by atoms with Crippen molar-refractivity contribution in [1.29, 1.82) is 0 Å². The van der Waals surface area contributed by atoms with Gasteiger partial charge >= 0.3 is 0 Å². The zero-order chi connectivity index (χ0) is 15.2. The molecule has 2 rings (SSSR count). The van der Waals surface area contributed by atoms with Crippen molar-refractivity contribution in [1.82, 2.24) is 4.90 Å². The SMILES string of the molecule is CCCC(N)CC(=O)N1CCCC1c1ccc(OC)cc1. The molecule has 2 atom stereocenters. The Morgan fingerprint density at radius 2 is 2.14 bits per heavy atom. The fraction of sp³-hybridized carbons (Fsp3) is 0.588. The molecule has 1 aliphatic rings. The van der Waals surface area contributed by atoms with E-state index in [1.54, 1.807) is 7.11 Å². The molecule has 1 aromatic rings. The van der Waals surface area contributed by atoms with Gasteiger partial charge < -0.3 is 15.4 Å². The smallest absolute Gasteiger partial charge is 0.224 e. The summed E-state index contributed by atoms with van der Waals surface area (Å²) in [5, 5.41) is 0. The molecule has 1 aliphatic heterocycles. The van der Waals surface area contributed by atoms with E-state index in [0.29, 0.717) is 6.42 Å². The maximum absolute atomic E-state index is 12.5. The highest BCUT2D eigenvalue weighted by Gasteiger charge is 2.30. The summed E-state index contributed by atoms with van der Waals surface area (Å²) < 4.78 is 5.19. The first kappa shape index (κ1) is 15.8. The van der Waals surface area contributed by atoms with E-state index in [1.807, 2.05) is 17.0 Å². The van der Waals surface area contributed by atoms with Crippen LogP contribution in [0.4, 0.5) is 0 Å². The molecule has 21 heavy (non-hydrogen) atoms. The topological polar surface area (TPSA) is 55.6 Å². The lowest BCUT2D eigenvalue weighted by atomic mass is 10.0. The summed E-state index contributed by atoms with van der Waals surface area (Å²) in [5.41, 5.74) is 7.20. The second kappa shape index (κ2) is 7.46. The lowest BCUT2D eigenvalue weighted by Crippen LogP contribution is -2.35. The molecular formula is C17H26N2O2. The molecule has 4 nitrogen and oxygen atoms in total. The second-order valence-corrected chi connectivity index (χ2v) is 5.77. The van der Waals surface area contributed by atoms with Crippen LogP contribution in [0.25, 0.3) is 0 Å². The average Bonchev–Trinajstić information content (AvgIpc) is 2.97. The summed E-state index contributed by atoms with van der Waals surface area (Å²) in [6.07, 6.45) is 4.48. The van der Waals surface area contributed by atoms with Crippen LogP contribution in [0.5, 0.6) is 5.75 Å². The molecule has 1 amide bonds. The Balaban J connectivity index is 2.03. The highest BCUT2D eigenvalue weighted by atomic mass is 16.5. The summed E-state index contributed by atoms with van der Waals surface area (Å²) in [6.45, 7) is 2.94. The van der Waals surface area contributed by atoms with Crippen LogP contribution in [-0.4, -0.2) is 30.5 Å². The number of rotatable bonds is 6. The van der Waals surface area contributed by atoms with Crippen LogP contribution in [0.3, 0.4) is 0 Å². The zero-order valence-corrected chi connectivity index (χ0v) is 13.0. The fourth-order valence-corrected chi connectivity index (χ4v) is 3.05. The molecule has 2 unspecified atom stereocenters. The number of amides is 1. The number of methoxy groups -OCH3 is 1. The molecule has 1 fully saturated rings. The molecular weight excluding hydrogens is 264 g/mol. The number of nitrogens with zero attached hydrogens (tertiary/aromatic N) is 1. The lowest BCUT2D eigenvalue weighted by Gasteiger charge is -2.26. The maximum Gasteiger partial charge on any atom is 0.224 e. The Labute approximate surface area is 127 Å². The van der Waals surface area contributed by atoms with Gasteiger partial charge in [-0.1, -0.05) is 25.5 Å². The highest BCUT2D eigenvalue weighted by Crippen LogP contribution is 2.33. The molecule has 0 saturated carbocycles. The first-order chi connectivity index (χ1) is 10.2. The van der Waals surface area contributed by atoms with Gasteiger partial charge in [-0.05, 0) is 37.0 Å².